The minimum Gasteiger partial charge on any atom is -0.492 e. The lowest BCUT2D eigenvalue weighted by molar-refractivity contribution is 0.261. The lowest BCUT2D eigenvalue weighted by Crippen LogP contribution is -2.19. The monoisotopic (exact) mass is 333 g/mol. The Labute approximate surface area is 148 Å². The maximum Gasteiger partial charge on any atom is 0.141 e. The van der Waals surface area contributed by atoms with Crippen LogP contribution >= 0.6 is 0 Å². The molecule has 0 saturated carbocycles. The molecule has 0 bridgehead atoms. The Morgan fingerprint density at radius 2 is 1.88 bits per heavy atom. The minimum absolute atomic E-state index is 0.687. The molecular formula is C21H23N3O. The average molecular weight is 333 g/mol. The Balaban J connectivity index is 1.89. The maximum absolute atomic E-state index is 5.93. The number of hydrogen-bond donors (Lipinski definition) is 0. The first kappa shape index (κ1) is 15.9. The summed E-state index contributed by atoms with van der Waals surface area (Å²) in [6.45, 7) is 3.77. The summed E-state index contributed by atoms with van der Waals surface area (Å²) in [6.07, 6.45) is 0. The quantitative estimate of drug-likeness (QED) is 0.564. The highest BCUT2D eigenvalue weighted by molar-refractivity contribution is 6.03. The van der Waals surface area contributed by atoms with Gasteiger partial charge in [-0.25, -0.2) is 4.98 Å². The third-order valence-electron chi connectivity index (χ3n) is 4.86. The van der Waals surface area contributed by atoms with Crippen LogP contribution in [-0.2, 0) is 7.05 Å². The molecular weight excluding hydrogens is 310 g/mol. The van der Waals surface area contributed by atoms with E-state index in [0.29, 0.717) is 6.61 Å². The van der Waals surface area contributed by atoms with Gasteiger partial charge in [-0.2, -0.15) is 0 Å². The zero-order valence-electron chi connectivity index (χ0n) is 15.2. The van der Waals surface area contributed by atoms with E-state index in [2.05, 4.69) is 67.9 Å². The number of aryl methyl sites for hydroxylation is 2. The zero-order chi connectivity index (χ0) is 17.6. The smallest absolute Gasteiger partial charge is 0.141 e. The molecule has 0 atom stereocenters. The van der Waals surface area contributed by atoms with Gasteiger partial charge in [0.1, 0.15) is 18.2 Å². The Hall–Kier alpha value is -2.59. The Morgan fingerprint density at radius 1 is 1.08 bits per heavy atom. The number of hydrogen-bond acceptors (Lipinski definition) is 3. The van der Waals surface area contributed by atoms with Gasteiger partial charge in [0.2, 0.25) is 0 Å². The van der Waals surface area contributed by atoms with Crippen LogP contribution in [0.15, 0.2) is 42.5 Å². The Bertz CT molecular complexity index is 1030. The summed E-state index contributed by atoms with van der Waals surface area (Å²) in [5.74, 6) is 1.95. The van der Waals surface area contributed by atoms with E-state index in [-0.39, 0.29) is 0 Å². The predicted octanol–water partition coefficient (Wildman–Crippen LogP) is 4.08. The molecule has 0 unspecified atom stereocenters. The topological polar surface area (TPSA) is 30.3 Å². The summed E-state index contributed by atoms with van der Waals surface area (Å²) >= 11 is 0. The number of para-hydroxylation sites is 1. The molecule has 0 N–H and O–H groups in total. The number of aromatic nitrogens is 2. The number of fused-ring (bicyclic) bond motifs is 4. The number of pyridine rings is 1. The summed E-state index contributed by atoms with van der Waals surface area (Å²) < 4.78 is 8.12. The lowest BCUT2D eigenvalue weighted by Gasteiger charge is -2.17. The van der Waals surface area contributed by atoms with Gasteiger partial charge in [0.15, 0.2) is 0 Å². The van der Waals surface area contributed by atoms with E-state index >= 15 is 0 Å². The van der Waals surface area contributed by atoms with Crippen molar-refractivity contribution in [2.24, 2.45) is 7.05 Å². The van der Waals surface area contributed by atoms with Crippen molar-refractivity contribution in [2.75, 3.05) is 27.2 Å². The predicted molar refractivity (Wildman–Crippen MR) is 104 cm³/mol. The summed E-state index contributed by atoms with van der Waals surface area (Å²) in [4.78, 5) is 6.97. The largest absolute Gasteiger partial charge is 0.492 e. The molecule has 0 aromatic heterocycles. The maximum atomic E-state index is 5.93. The van der Waals surface area contributed by atoms with Crippen molar-refractivity contribution in [1.82, 2.24) is 14.5 Å². The van der Waals surface area contributed by atoms with Crippen molar-refractivity contribution in [3.63, 3.8) is 0 Å². The molecule has 128 valence electrons. The van der Waals surface area contributed by atoms with E-state index in [9.17, 15) is 0 Å². The van der Waals surface area contributed by atoms with Crippen molar-refractivity contribution >= 4 is 21.8 Å². The molecule has 0 spiro atoms. The number of rotatable bonds is 4. The lowest BCUT2D eigenvalue weighted by atomic mass is 10.00. The van der Waals surface area contributed by atoms with Crippen LogP contribution in [0.25, 0.3) is 33.2 Å². The zero-order valence-corrected chi connectivity index (χ0v) is 15.2. The minimum atomic E-state index is 0.687. The first-order valence-corrected chi connectivity index (χ1v) is 8.61. The molecule has 25 heavy (non-hydrogen) atoms. The van der Waals surface area contributed by atoms with Crippen molar-refractivity contribution in [3.8, 4) is 17.1 Å². The molecule has 0 amide bonds. The SMILES string of the molecule is Cc1c2c3ccccc3nc-2n(C)c2ccc(OCCN(C)C)cc12. The van der Waals surface area contributed by atoms with Crippen molar-refractivity contribution in [3.05, 3.63) is 48.0 Å². The van der Waals surface area contributed by atoms with E-state index in [1.54, 1.807) is 0 Å². The molecule has 2 aromatic rings. The Kier molecular flexibility index (Phi) is 3.85. The van der Waals surface area contributed by atoms with Crippen LogP contribution in [0.4, 0.5) is 0 Å². The van der Waals surface area contributed by atoms with Crippen LogP contribution in [0.1, 0.15) is 5.56 Å². The standard InChI is InChI=1S/C21H23N3O/c1-14-17-13-15(25-12-11-23(2)3)9-10-19(17)24(4)21-20(14)16-7-5-6-8-18(16)22-21/h5-10,13H,11-12H2,1-4H3. The van der Waals surface area contributed by atoms with Crippen LogP contribution in [0.5, 0.6) is 5.75 Å². The van der Waals surface area contributed by atoms with E-state index in [4.69, 9.17) is 9.72 Å². The van der Waals surface area contributed by atoms with Gasteiger partial charge in [-0.05, 0) is 50.8 Å². The van der Waals surface area contributed by atoms with Crippen LogP contribution in [-0.4, -0.2) is 41.7 Å². The number of nitrogens with zero attached hydrogens (tertiary/aromatic N) is 3. The first-order valence-electron chi connectivity index (χ1n) is 8.61. The summed E-state index contributed by atoms with van der Waals surface area (Å²) in [7, 11) is 6.19. The van der Waals surface area contributed by atoms with E-state index in [0.717, 1.165) is 23.6 Å². The van der Waals surface area contributed by atoms with Crippen LogP contribution in [0.2, 0.25) is 0 Å². The second kappa shape index (κ2) is 6.05. The third-order valence-corrected chi connectivity index (χ3v) is 4.86. The van der Waals surface area contributed by atoms with Gasteiger partial charge < -0.3 is 14.2 Å². The summed E-state index contributed by atoms with van der Waals surface area (Å²) in [5.41, 5.74) is 4.72. The fourth-order valence-electron chi connectivity index (χ4n) is 3.48. The highest BCUT2D eigenvalue weighted by Crippen LogP contribution is 2.38. The average Bonchev–Trinajstić information content (AvgIpc) is 2.99. The van der Waals surface area contributed by atoms with Crippen LogP contribution in [0.3, 0.4) is 0 Å². The van der Waals surface area contributed by atoms with Gasteiger partial charge in [0.25, 0.3) is 0 Å². The third kappa shape index (κ3) is 2.63. The fraction of sp³-hybridized carbons (Fsp3) is 0.286. The first-order chi connectivity index (χ1) is 12.1. The molecule has 2 aromatic carbocycles. The Morgan fingerprint density at radius 3 is 2.68 bits per heavy atom. The second-order valence-electron chi connectivity index (χ2n) is 6.84. The van der Waals surface area contributed by atoms with Gasteiger partial charge in [0, 0.05) is 35.4 Å². The van der Waals surface area contributed by atoms with Gasteiger partial charge >= 0.3 is 0 Å². The van der Waals surface area contributed by atoms with E-state index < -0.39 is 0 Å². The molecule has 2 aliphatic rings. The highest BCUT2D eigenvalue weighted by atomic mass is 16.5. The van der Waals surface area contributed by atoms with Gasteiger partial charge in [-0.1, -0.05) is 18.2 Å². The molecule has 0 fully saturated rings. The molecule has 4 nitrogen and oxygen atoms in total. The molecule has 4 heteroatoms. The van der Waals surface area contributed by atoms with Crippen molar-refractivity contribution in [2.45, 2.75) is 6.92 Å². The van der Waals surface area contributed by atoms with Gasteiger partial charge in [-0.15, -0.1) is 0 Å². The molecule has 0 saturated heterocycles. The molecule has 2 heterocycles. The molecule has 2 aliphatic heterocycles. The summed E-state index contributed by atoms with van der Waals surface area (Å²) in [6, 6.07) is 14.7. The second-order valence-corrected chi connectivity index (χ2v) is 6.84. The number of benzene rings is 2. The van der Waals surface area contributed by atoms with Gasteiger partial charge in [-0.3, -0.25) is 0 Å². The van der Waals surface area contributed by atoms with Crippen molar-refractivity contribution in [1.29, 1.82) is 0 Å². The van der Waals surface area contributed by atoms with Crippen LogP contribution < -0.4 is 4.74 Å². The van der Waals surface area contributed by atoms with Crippen molar-refractivity contribution < 1.29 is 4.74 Å². The normalized spacial score (nSPS) is 11.9. The summed E-state index contributed by atoms with van der Waals surface area (Å²) in [5, 5.41) is 2.43. The van der Waals surface area contributed by atoms with E-state index in [1.165, 1.54) is 27.4 Å². The molecule has 0 aliphatic carbocycles. The molecule has 4 rings (SSSR count). The van der Waals surface area contributed by atoms with Crippen LogP contribution in [0, 0.1) is 6.92 Å². The number of likely N-dealkylation sites (N-methyl/N-ethyl adjacent to an activating group) is 1. The highest BCUT2D eigenvalue weighted by Gasteiger charge is 2.20. The van der Waals surface area contributed by atoms with Gasteiger partial charge in [0.05, 0.1) is 5.52 Å². The molecule has 0 radical (unpaired) electrons. The fourth-order valence-corrected chi connectivity index (χ4v) is 3.48. The number of ether oxygens (including phenoxy) is 1. The van der Waals surface area contributed by atoms with E-state index in [1.807, 2.05) is 12.1 Å².